The van der Waals surface area contributed by atoms with Gasteiger partial charge < -0.3 is 14.9 Å². The van der Waals surface area contributed by atoms with Crippen LogP contribution in [0.15, 0.2) is 12.7 Å². The van der Waals surface area contributed by atoms with Crippen molar-refractivity contribution >= 4 is 17.9 Å². The van der Waals surface area contributed by atoms with Crippen molar-refractivity contribution < 1.29 is 29.3 Å². The van der Waals surface area contributed by atoms with Crippen LogP contribution in [0.5, 0.6) is 0 Å². The number of aliphatic carboxylic acids is 2. The summed E-state index contributed by atoms with van der Waals surface area (Å²) in [6.07, 6.45) is 1.05. The van der Waals surface area contributed by atoms with E-state index in [-0.39, 0.29) is 13.0 Å². The van der Waals surface area contributed by atoms with Gasteiger partial charge in [-0.05, 0) is 12.8 Å². The quantitative estimate of drug-likeness (QED) is 0.361. The highest BCUT2D eigenvalue weighted by Crippen LogP contribution is 2.11. The van der Waals surface area contributed by atoms with Crippen LogP contribution < -0.4 is 0 Å². The second kappa shape index (κ2) is 7.44. The third kappa shape index (κ3) is 6.58. The Hall–Kier alpha value is -1.85. The molecule has 0 radical (unpaired) electrons. The molecule has 0 bridgehead atoms. The first-order valence-corrected chi connectivity index (χ1v) is 4.71. The average Bonchev–Trinajstić information content (AvgIpc) is 2.21. The summed E-state index contributed by atoms with van der Waals surface area (Å²) in [6.45, 7) is 3.26. The van der Waals surface area contributed by atoms with Crippen LogP contribution in [0.25, 0.3) is 0 Å². The van der Waals surface area contributed by atoms with Gasteiger partial charge in [0.1, 0.15) is 0 Å². The smallest absolute Gasteiger partial charge is 0.330 e. The largest absolute Gasteiger partial charge is 0.481 e. The van der Waals surface area contributed by atoms with Gasteiger partial charge >= 0.3 is 17.9 Å². The zero-order chi connectivity index (χ0) is 12.6. The molecule has 0 aromatic heterocycles. The second-order valence-corrected chi connectivity index (χ2v) is 3.15. The van der Waals surface area contributed by atoms with E-state index in [0.717, 1.165) is 6.08 Å². The second-order valence-electron chi connectivity index (χ2n) is 3.15. The molecule has 0 aliphatic heterocycles. The lowest BCUT2D eigenvalue weighted by Gasteiger charge is -2.09. The Morgan fingerprint density at radius 2 is 1.94 bits per heavy atom. The summed E-state index contributed by atoms with van der Waals surface area (Å²) >= 11 is 0. The minimum Gasteiger partial charge on any atom is -0.481 e. The molecule has 0 saturated carbocycles. The van der Waals surface area contributed by atoms with Gasteiger partial charge in [0.25, 0.3) is 0 Å². The maximum atomic E-state index is 10.6. The molecule has 6 nitrogen and oxygen atoms in total. The summed E-state index contributed by atoms with van der Waals surface area (Å²) in [5.41, 5.74) is 0. The molecule has 1 unspecified atom stereocenters. The third-order valence-corrected chi connectivity index (χ3v) is 1.88. The first-order chi connectivity index (χ1) is 7.47. The normalized spacial score (nSPS) is 11.5. The van der Waals surface area contributed by atoms with E-state index in [1.807, 2.05) is 0 Å². The van der Waals surface area contributed by atoms with E-state index in [1.165, 1.54) is 0 Å². The van der Waals surface area contributed by atoms with E-state index in [0.29, 0.717) is 6.42 Å². The Balaban J connectivity index is 3.85. The minimum atomic E-state index is -1.16. The zero-order valence-corrected chi connectivity index (χ0v) is 8.72. The molecule has 0 aromatic rings. The van der Waals surface area contributed by atoms with Crippen molar-refractivity contribution in [2.24, 2.45) is 5.92 Å². The van der Waals surface area contributed by atoms with Crippen LogP contribution in [0, 0.1) is 5.92 Å². The van der Waals surface area contributed by atoms with Gasteiger partial charge in [0.15, 0.2) is 0 Å². The molecule has 1 atom stereocenters. The van der Waals surface area contributed by atoms with Gasteiger partial charge in [-0.2, -0.15) is 0 Å². The molecular weight excluding hydrogens is 216 g/mol. The zero-order valence-electron chi connectivity index (χ0n) is 8.72. The van der Waals surface area contributed by atoms with E-state index in [4.69, 9.17) is 10.2 Å². The molecule has 90 valence electrons. The molecule has 0 fully saturated rings. The predicted octanol–water partition coefficient (Wildman–Crippen LogP) is 0.671. The highest BCUT2D eigenvalue weighted by atomic mass is 16.5. The number of rotatable bonds is 8. The van der Waals surface area contributed by atoms with E-state index in [2.05, 4.69) is 11.3 Å². The summed E-state index contributed by atoms with van der Waals surface area (Å²) in [5.74, 6) is -3.84. The molecule has 16 heavy (non-hydrogen) atoms. The highest BCUT2D eigenvalue weighted by molar-refractivity contribution is 5.81. The summed E-state index contributed by atoms with van der Waals surface area (Å²) in [6, 6.07) is 0. The Labute approximate surface area is 92.5 Å². The van der Waals surface area contributed by atoms with E-state index in [9.17, 15) is 14.4 Å². The first-order valence-electron chi connectivity index (χ1n) is 4.71. The molecule has 0 rings (SSSR count). The van der Waals surface area contributed by atoms with Crippen molar-refractivity contribution in [1.82, 2.24) is 0 Å². The molecule has 0 saturated heterocycles. The van der Waals surface area contributed by atoms with Gasteiger partial charge in [-0.3, -0.25) is 9.59 Å². The van der Waals surface area contributed by atoms with Gasteiger partial charge in [0, 0.05) is 6.08 Å². The summed E-state index contributed by atoms with van der Waals surface area (Å²) in [5, 5.41) is 17.1. The van der Waals surface area contributed by atoms with Crippen LogP contribution in [0.1, 0.15) is 19.3 Å². The van der Waals surface area contributed by atoms with E-state index < -0.39 is 30.2 Å². The molecular formula is C10H14O6. The molecule has 6 heteroatoms. The number of ether oxygens (including phenoxy) is 1. The van der Waals surface area contributed by atoms with E-state index in [1.54, 1.807) is 0 Å². The highest BCUT2D eigenvalue weighted by Gasteiger charge is 2.20. The van der Waals surface area contributed by atoms with Gasteiger partial charge in [0.2, 0.25) is 0 Å². The lowest BCUT2D eigenvalue weighted by molar-refractivity contribution is -0.148. The van der Waals surface area contributed by atoms with Crippen molar-refractivity contribution in [3.05, 3.63) is 12.7 Å². The van der Waals surface area contributed by atoms with Gasteiger partial charge in [0.05, 0.1) is 18.9 Å². The predicted molar refractivity (Wildman–Crippen MR) is 53.8 cm³/mol. The number of carboxylic acids is 2. The van der Waals surface area contributed by atoms with Crippen molar-refractivity contribution in [2.45, 2.75) is 19.3 Å². The van der Waals surface area contributed by atoms with Crippen LogP contribution in [0.3, 0.4) is 0 Å². The number of carbonyl (C=O) groups is 3. The molecule has 0 aromatic carbocycles. The maximum Gasteiger partial charge on any atom is 0.330 e. The third-order valence-electron chi connectivity index (χ3n) is 1.88. The molecule has 0 amide bonds. The average molecular weight is 230 g/mol. The molecule has 0 heterocycles. The van der Waals surface area contributed by atoms with Crippen LogP contribution >= 0.6 is 0 Å². The maximum absolute atomic E-state index is 10.6. The Morgan fingerprint density at radius 3 is 2.38 bits per heavy atom. The van der Waals surface area contributed by atoms with Gasteiger partial charge in [-0.1, -0.05) is 6.58 Å². The number of esters is 1. The SMILES string of the molecule is C=CC(=O)OCCCC(CC(=O)O)C(=O)O. The lowest BCUT2D eigenvalue weighted by Crippen LogP contribution is -2.18. The van der Waals surface area contributed by atoms with Crippen LogP contribution in [-0.4, -0.2) is 34.7 Å². The standard InChI is InChI=1S/C10H14O6/c1-2-9(13)16-5-3-4-7(10(14)15)6-8(11)12/h2,7H,1,3-6H2,(H,11,12)(H,14,15). The Bertz CT molecular complexity index is 283. The summed E-state index contributed by atoms with van der Waals surface area (Å²) in [4.78, 5) is 31.6. The molecule has 0 spiro atoms. The molecule has 0 aliphatic rings. The monoisotopic (exact) mass is 230 g/mol. The van der Waals surface area contributed by atoms with Crippen LogP contribution in [0.4, 0.5) is 0 Å². The number of hydrogen-bond acceptors (Lipinski definition) is 4. The first kappa shape index (κ1) is 14.2. The fourth-order valence-electron chi connectivity index (χ4n) is 1.09. The summed E-state index contributed by atoms with van der Waals surface area (Å²) in [7, 11) is 0. The van der Waals surface area contributed by atoms with E-state index >= 15 is 0 Å². The number of hydrogen-bond donors (Lipinski definition) is 2. The fourth-order valence-corrected chi connectivity index (χ4v) is 1.09. The van der Waals surface area contributed by atoms with Crippen LogP contribution in [-0.2, 0) is 19.1 Å². The number of carboxylic acid groups (broad SMARTS) is 2. The van der Waals surface area contributed by atoms with Crippen molar-refractivity contribution in [1.29, 1.82) is 0 Å². The topological polar surface area (TPSA) is 101 Å². The minimum absolute atomic E-state index is 0.0637. The molecule has 0 aliphatic carbocycles. The van der Waals surface area contributed by atoms with Crippen LogP contribution in [0.2, 0.25) is 0 Å². The Morgan fingerprint density at radius 1 is 1.31 bits per heavy atom. The van der Waals surface area contributed by atoms with Crippen molar-refractivity contribution in [3.63, 3.8) is 0 Å². The fraction of sp³-hybridized carbons (Fsp3) is 0.500. The lowest BCUT2D eigenvalue weighted by atomic mass is 10.00. The number of carbonyl (C=O) groups excluding carboxylic acids is 1. The Kier molecular flexibility index (Phi) is 6.58. The van der Waals surface area contributed by atoms with Crippen molar-refractivity contribution in [2.75, 3.05) is 6.61 Å². The van der Waals surface area contributed by atoms with Gasteiger partial charge in [-0.25, -0.2) is 4.79 Å². The summed E-state index contributed by atoms with van der Waals surface area (Å²) < 4.78 is 4.63. The van der Waals surface area contributed by atoms with Gasteiger partial charge in [-0.15, -0.1) is 0 Å². The molecule has 2 N–H and O–H groups in total. The van der Waals surface area contributed by atoms with Crippen molar-refractivity contribution in [3.8, 4) is 0 Å².